The molecule has 106 valence electrons. The van der Waals surface area contributed by atoms with Gasteiger partial charge in [-0.3, -0.25) is 0 Å². The number of alkyl halides is 3. The zero-order chi connectivity index (χ0) is 13.9. The number of anilines is 1. The Bertz CT molecular complexity index is 449. The summed E-state index contributed by atoms with van der Waals surface area (Å²) < 4.78 is 40.5. The predicted octanol–water partition coefficient (Wildman–Crippen LogP) is 2.41. The molecular weight excluding hydrogens is 259 g/mol. The molecule has 4 nitrogen and oxygen atoms in total. The summed E-state index contributed by atoms with van der Waals surface area (Å²) in [5.41, 5.74) is 7.64. The fraction of sp³-hybridized carbons (Fsp3) is 0.667. The highest BCUT2D eigenvalue weighted by Crippen LogP contribution is 2.23. The van der Waals surface area contributed by atoms with Crippen LogP contribution in [0.1, 0.15) is 36.3 Å². The second kappa shape index (κ2) is 5.73. The lowest BCUT2D eigenvalue weighted by Gasteiger charge is -2.11. The van der Waals surface area contributed by atoms with Crippen LogP contribution in [0.25, 0.3) is 0 Å². The standard InChI is InChI=1S/C12H16F3N3O/c13-12(14,15)7-19-6-10-17-9-5-3-1-2-4-8(9)11(16)18-10/h1-7H2,(H2,16,17,18). The van der Waals surface area contributed by atoms with Gasteiger partial charge in [-0.25, -0.2) is 9.97 Å². The average Bonchev–Trinajstić information content (AvgIpc) is 2.52. The summed E-state index contributed by atoms with van der Waals surface area (Å²) in [6.45, 7) is -1.57. The van der Waals surface area contributed by atoms with Crippen LogP contribution in [0.4, 0.5) is 19.0 Å². The van der Waals surface area contributed by atoms with Crippen molar-refractivity contribution in [3.05, 3.63) is 17.1 Å². The normalized spacial score (nSPS) is 15.9. The molecule has 1 aromatic heterocycles. The zero-order valence-electron chi connectivity index (χ0n) is 10.5. The number of halogens is 3. The number of hydrogen-bond donors (Lipinski definition) is 1. The van der Waals surface area contributed by atoms with Gasteiger partial charge in [0.25, 0.3) is 0 Å². The van der Waals surface area contributed by atoms with Gasteiger partial charge in [0.05, 0.1) is 0 Å². The van der Waals surface area contributed by atoms with Gasteiger partial charge in [-0.15, -0.1) is 0 Å². The Labute approximate surface area is 109 Å². The molecule has 0 amide bonds. The van der Waals surface area contributed by atoms with Crippen molar-refractivity contribution in [1.29, 1.82) is 0 Å². The van der Waals surface area contributed by atoms with E-state index in [2.05, 4.69) is 14.7 Å². The van der Waals surface area contributed by atoms with E-state index in [1.807, 2.05) is 0 Å². The number of rotatable bonds is 3. The van der Waals surface area contributed by atoms with Gasteiger partial charge in [0, 0.05) is 11.3 Å². The second-order valence-corrected chi connectivity index (χ2v) is 4.62. The van der Waals surface area contributed by atoms with Gasteiger partial charge in [-0.2, -0.15) is 13.2 Å². The van der Waals surface area contributed by atoms with E-state index in [-0.39, 0.29) is 12.4 Å². The molecule has 1 aliphatic carbocycles. The van der Waals surface area contributed by atoms with Crippen molar-refractivity contribution >= 4 is 5.82 Å². The van der Waals surface area contributed by atoms with Crippen LogP contribution in [-0.4, -0.2) is 22.8 Å². The van der Waals surface area contributed by atoms with Crippen LogP contribution in [0.3, 0.4) is 0 Å². The van der Waals surface area contributed by atoms with Gasteiger partial charge in [-0.1, -0.05) is 6.42 Å². The van der Waals surface area contributed by atoms with Crippen molar-refractivity contribution in [2.75, 3.05) is 12.3 Å². The number of aromatic nitrogens is 2. The van der Waals surface area contributed by atoms with E-state index in [0.717, 1.165) is 43.4 Å². The Morgan fingerprint density at radius 2 is 1.84 bits per heavy atom. The summed E-state index contributed by atoms with van der Waals surface area (Å²) in [6, 6.07) is 0. The molecule has 1 aliphatic rings. The van der Waals surface area contributed by atoms with Crippen molar-refractivity contribution < 1.29 is 17.9 Å². The maximum atomic E-state index is 12.0. The molecule has 0 aromatic carbocycles. The molecule has 7 heteroatoms. The first-order valence-electron chi connectivity index (χ1n) is 6.24. The van der Waals surface area contributed by atoms with Crippen LogP contribution in [0.15, 0.2) is 0 Å². The van der Waals surface area contributed by atoms with Gasteiger partial charge in [0.15, 0.2) is 5.82 Å². The Kier molecular flexibility index (Phi) is 4.24. The first-order valence-corrected chi connectivity index (χ1v) is 6.24. The fourth-order valence-electron chi connectivity index (χ4n) is 2.18. The van der Waals surface area contributed by atoms with Crippen molar-refractivity contribution in [1.82, 2.24) is 9.97 Å². The molecule has 0 bridgehead atoms. The highest BCUT2D eigenvalue weighted by Gasteiger charge is 2.27. The Morgan fingerprint density at radius 3 is 2.58 bits per heavy atom. The van der Waals surface area contributed by atoms with E-state index < -0.39 is 12.8 Å². The fourth-order valence-corrected chi connectivity index (χ4v) is 2.18. The first-order chi connectivity index (χ1) is 8.96. The van der Waals surface area contributed by atoms with E-state index in [1.54, 1.807) is 0 Å². The van der Waals surface area contributed by atoms with Crippen LogP contribution < -0.4 is 5.73 Å². The number of aryl methyl sites for hydroxylation is 1. The molecule has 2 rings (SSSR count). The second-order valence-electron chi connectivity index (χ2n) is 4.62. The summed E-state index contributed by atoms with van der Waals surface area (Å²) in [6.07, 6.45) is 0.475. The van der Waals surface area contributed by atoms with Crippen molar-refractivity contribution in [3.8, 4) is 0 Å². The molecule has 0 spiro atoms. The molecular formula is C12H16F3N3O. The molecule has 0 fully saturated rings. The minimum absolute atomic E-state index is 0.224. The number of hydrogen-bond acceptors (Lipinski definition) is 4. The molecule has 0 saturated heterocycles. The van der Waals surface area contributed by atoms with Crippen molar-refractivity contribution in [3.63, 3.8) is 0 Å². The van der Waals surface area contributed by atoms with Crippen LogP contribution in [0, 0.1) is 0 Å². The molecule has 1 aromatic rings. The summed E-state index contributed by atoms with van der Waals surface area (Å²) in [4.78, 5) is 8.29. The van der Waals surface area contributed by atoms with Gasteiger partial charge >= 0.3 is 6.18 Å². The number of nitrogens with two attached hydrogens (primary N) is 1. The molecule has 2 N–H and O–H groups in total. The van der Waals surface area contributed by atoms with E-state index in [4.69, 9.17) is 5.73 Å². The Balaban J connectivity index is 2.06. The minimum Gasteiger partial charge on any atom is -0.383 e. The molecule has 19 heavy (non-hydrogen) atoms. The average molecular weight is 275 g/mol. The van der Waals surface area contributed by atoms with Crippen molar-refractivity contribution in [2.45, 2.75) is 44.9 Å². The quantitative estimate of drug-likeness (QED) is 0.860. The van der Waals surface area contributed by atoms with Crippen LogP contribution in [0.2, 0.25) is 0 Å². The van der Waals surface area contributed by atoms with E-state index in [1.165, 1.54) is 0 Å². The van der Waals surface area contributed by atoms with Gasteiger partial charge in [0.2, 0.25) is 0 Å². The third-order valence-electron chi connectivity index (χ3n) is 3.01. The maximum absolute atomic E-state index is 12.0. The maximum Gasteiger partial charge on any atom is 0.411 e. The summed E-state index contributed by atoms with van der Waals surface area (Å²) in [5, 5.41) is 0. The topological polar surface area (TPSA) is 61.0 Å². The molecule has 0 atom stereocenters. The number of nitrogen functional groups attached to an aromatic ring is 1. The molecule has 0 saturated carbocycles. The lowest BCUT2D eigenvalue weighted by Crippen LogP contribution is -2.18. The summed E-state index contributed by atoms with van der Waals surface area (Å²) >= 11 is 0. The lowest BCUT2D eigenvalue weighted by molar-refractivity contribution is -0.177. The van der Waals surface area contributed by atoms with Crippen LogP contribution in [0.5, 0.6) is 0 Å². The SMILES string of the molecule is Nc1nc(COCC(F)(F)F)nc2c1CCCCC2. The molecule has 0 radical (unpaired) electrons. The van der Waals surface area contributed by atoms with Gasteiger partial charge < -0.3 is 10.5 Å². The Morgan fingerprint density at radius 1 is 1.11 bits per heavy atom. The van der Waals surface area contributed by atoms with Crippen molar-refractivity contribution in [2.24, 2.45) is 0 Å². The molecule has 0 unspecified atom stereocenters. The van der Waals surface area contributed by atoms with E-state index in [9.17, 15) is 13.2 Å². The summed E-state index contributed by atoms with van der Waals surface area (Å²) in [5.74, 6) is 0.597. The zero-order valence-corrected chi connectivity index (χ0v) is 10.5. The monoisotopic (exact) mass is 275 g/mol. The predicted molar refractivity (Wildman–Crippen MR) is 63.4 cm³/mol. The van der Waals surface area contributed by atoms with Crippen LogP contribution in [-0.2, 0) is 24.2 Å². The van der Waals surface area contributed by atoms with Crippen LogP contribution >= 0.6 is 0 Å². The largest absolute Gasteiger partial charge is 0.411 e. The summed E-state index contributed by atoms with van der Waals surface area (Å²) in [7, 11) is 0. The minimum atomic E-state index is -4.34. The number of fused-ring (bicyclic) bond motifs is 1. The highest BCUT2D eigenvalue weighted by atomic mass is 19.4. The van der Waals surface area contributed by atoms with E-state index in [0.29, 0.717) is 5.82 Å². The third-order valence-corrected chi connectivity index (χ3v) is 3.01. The smallest absolute Gasteiger partial charge is 0.383 e. The Hall–Kier alpha value is -1.37. The van der Waals surface area contributed by atoms with Gasteiger partial charge in [-0.05, 0) is 25.7 Å². The molecule has 1 heterocycles. The molecule has 0 aliphatic heterocycles. The lowest BCUT2D eigenvalue weighted by atomic mass is 10.1. The highest BCUT2D eigenvalue weighted by molar-refractivity contribution is 5.43. The van der Waals surface area contributed by atoms with Gasteiger partial charge in [0.1, 0.15) is 19.0 Å². The number of nitrogens with zero attached hydrogens (tertiary/aromatic N) is 2. The third kappa shape index (κ3) is 4.05. The first kappa shape index (κ1) is 14.0. The van der Waals surface area contributed by atoms with E-state index >= 15 is 0 Å². The number of ether oxygens (including phenoxy) is 1.